The van der Waals surface area contributed by atoms with Gasteiger partial charge in [0.15, 0.2) is 25.2 Å². The van der Waals surface area contributed by atoms with Crippen molar-refractivity contribution >= 4 is 0 Å². The maximum atomic E-state index is 6.25. The van der Waals surface area contributed by atoms with Crippen LogP contribution in [-0.2, 0) is 33.2 Å². The quantitative estimate of drug-likeness (QED) is 0.0342. The molecule has 0 aliphatic heterocycles. The summed E-state index contributed by atoms with van der Waals surface area (Å²) >= 11 is 0. The van der Waals surface area contributed by atoms with Crippen molar-refractivity contribution in [2.45, 2.75) is 335 Å². The van der Waals surface area contributed by atoms with E-state index in [1.54, 1.807) is 14.2 Å². The van der Waals surface area contributed by atoms with E-state index in [2.05, 4.69) is 39.8 Å². The Morgan fingerprint density at radius 2 is 0.507 bits per heavy atom. The Balaban J connectivity index is 4.09. The Morgan fingerprint density at radius 3 is 0.768 bits per heavy atom. The van der Waals surface area contributed by atoms with Crippen molar-refractivity contribution in [1.29, 1.82) is 0 Å². The fourth-order valence-electron chi connectivity index (χ4n) is 8.99. The second-order valence-electron chi connectivity index (χ2n) is 20.4. The number of methoxy groups -OCH3 is 2. The summed E-state index contributed by atoms with van der Waals surface area (Å²) in [5.41, 5.74) is 0. The molecule has 0 aliphatic rings. The van der Waals surface area contributed by atoms with Gasteiger partial charge in [-0.1, -0.05) is 245 Å². The maximum Gasteiger partial charge on any atom is 0.179 e. The van der Waals surface area contributed by atoms with E-state index in [4.69, 9.17) is 33.2 Å². The molecule has 0 saturated heterocycles. The van der Waals surface area contributed by atoms with Gasteiger partial charge in [-0.2, -0.15) is 0 Å². The highest BCUT2D eigenvalue weighted by Gasteiger charge is 2.12. The molecule has 7 heteroatoms. The SMILES string of the molecule is CCCCCCCCOC(CCCCCCCCCCC=CC(OC)OC(C=CCCCCCCCCCCC(OCCCCCCCC)OCCCCCCCC)OC)OCCCCCCCC. The molecule has 69 heavy (non-hydrogen) atoms. The van der Waals surface area contributed by atoms with Crippen LogP contribution in [0.3, 0.4) is 0 Å². The maximum absolute atomic E-state index is 6.25. The average Bonchev–Trinajstić information content (AvgIpc) is 3.36. The van der Waals surface area contributed by atoms with Gasteiger partial charge in [0.1, 0.15) is 0 Å². The van der Waals surface area contributed by atoms with Crippen molar-refractivity contribution in [3.63, 3.8) is 0 Å². The molecule has 0 N–H and O–H groups in total. The van der Waals surface area contributed by atoms with Crippen LogP contribution in [0.25, 0.3) is 0 Å². The highest BCUT2D eigenvalue weighted by atomic mass is 16.8. The van der Waals surface area contributed by atoms with Gasteiger partial charge in [0, 0.05) is 40.6 Å². The molecular formula is C62H122O7. The van der Waals surface area contributed by atoms with E-state index in [0.29, 0.717) is 0 Å². The molecule has 0 spiro atoms. The van der Waals surface area contributed by atoms with E-state index < -0.39 is 12.6 Å². The van der Waals surface area contributed by atoms with Crippen LogP contribution >= 0.6 is 0 Å². The summed E-state index contributed by atoms with van der Waals surface area (Å²) in [6, 6.07) is 0. The van der Waals surface area contributed by atoms with Gasteiger partial charge in [-0.25, -0.2) is 0 Å². The standard InChI is InChI=1S/C62H122O7/c1-7-11-15-19-39-47-55-65-61(66-56-48-40-20-16-12-8-2)53-45-37-33-29-25-23-27-31-35-43-51-59(63-5)69-60(64-6)52-44-36-32-28-24-26-30-34-38-46-54-62(67-57-49-41-21-17-13-9-3)68-58-50-42-22-18-14-10-4/h43-44,51-52,59-62H,7-42,45-50,53-58H2,1-6H3. The minimum Gasteiger partial charge on any atom is -0.353 e. The van der Waals surface area contributed by atoms with E-state index in [1.165, 1.54) is 257 Å². The monoisotopic (exact) mass is 979 g/mol. The molecule has 0 aromatic carbocycles. The van der Waals surface area contributed by atoms with Gasteiger partial charge < -0.3 is 33.2 Å². The van der Waals surface area contributed by atoms with Gasteiger partial charge in [0.2, 0.25) is 0 Å². The molecule has 0 rings (SSSR count). The molecule has 0 aromatic rings. The Kier molecular flexibility index (Phi) is 59.1. The first kappa shape index (κ1) is 68.2. The zero-order chi connectivity index (χ0) is 50.0. The number of rotatable bonds is 60. The van der Waals surface area contributed by atoms with Crippen LogP contribution in [0.1, 0.15) is 310 Å². The summed E-state index contributed by atoms with van der Waals surface area (Å²) in [6.45, 7) is 12.5. The van der Waals surface area contributed by atoms with E-state index >= 15 is 0 Å². The molecule has 0 saturated carbocycles. The smallest absolute Gasteiger partial charge is 0.179 e. The summed E-state index contributed by atoms with van der Waals surface area (Å²) in [6.07, 6.45) is 63.6. The Hall–Kier alpha value is -0.800. The van der Waals surface area contributed by atoms with Gasteiger partial charge in [-0.3, -0.25) is 0 Å². The van der Waals surface area contributed by atoms with Crippen LogP contribution in [0.15, 0.2) is 24.3 Å². The van der Waals surface area contributed by atoms with Crippen molar-refractivity contribution < 1.29 is 33.2 Å². The molecule has 2 unspecified atom stereocenters. The number of unbranched alkanes of at least 4 members (excludes halogenated alkanes) is 36. The van der Waals surface area contributed by atoms with Crippen molar-refractivity contribution in [3.05, 3.63) is 24.3 Å². The third-order valence-electron chi connectivity index (χ3n) is 13.6. The summed E-state index contributed by atoms with van der Waals surface area (Å²) < 4.78 is 42.3. The minimum absolute atomic E-state index is 0.00822. The van der Waals surface area contributed by atoms with Crippen molar-refractivity contribution in [3.8, 4) is 0 Å². The summed E-state index contributed by atoms with van der Waals surface area (Å²) in [5, 5.41) is 0. The first-order valence-corrected chi connectivity index (χ1v) is 30.7. The van der Waals surface area contributed by atoms with E-state index in [-0.39, 0.29) is 12.6 Å². The van der Waals surface area contributed by atoms with Crippen LogP contribution in [-0.4, -0.2) is 65.8 Å². The fraction of sp³-hybridized carbons (Fsp3) is 0.935. The topological polar surface area (TPSA) is 64.6 Å². The van der Waals surface area contributed by atoms with Crippen LogP contribution in [0.5, 0.6) is 0 Å². The first-order valence-electron chi connectivity index (χ1n) is 30.7. The zero-order valence-corrected chi connectivity index (χ0v) is 47.4. The number of hydrogen-bond acceptors (Lipinski definition) is 7. The predicted octanol–water partition coefficient (Wildman–Crippen LogP) is 20.0. The molecule has 412 valence electrons. The minimum atomic E-state index is -0.401. The predicted molar refractivity (Wildman–Crippen MR) is 298 cm³/mol. The lowest BCUT2D eigenvalue weighted by atomic mass is 10.1. The van der Waals surface area contributed by atoms with E-state index in [0.717, 1.165) is 52.1 Å². The van der Waals surface area contributed by atoms with Crippen LogP contribution < -0.4 is 0 Å². The number of hydrogen-bond donors (Lipinski definition) is 0. The third-order valence-corrected chi connectivity index (χ3v) is 13.6. The molecule has 7 nitrogen and oxygen atoms in total. The van der Waals surface area contributed by atoms with Crippen molar-refractivity contribution in [2.24, 2.45) is 0 Å². The summed E-state index contributed by atoms with van der Waals surface area (Å²) in [5.74, 6) is 0. The van der Waals surface area contributed by atoms with Gasteiger partial charge in [0.25, 0.3) is 0 Å². The lowest BCUT2D eigenvalue weighted by Gasteiger charge is -2.19. The average molecular weight is 980 g/mol. The van der Waals surface area contributed by atoms with E-state index in [9.17, 15) is 0 Å². The second kappa shape index (κ2) is 59.8. The fourth-order valence-corrected chi connectivity index (χ4v) is 8.99. The summed E-state index contributed by atoms with van der Waals surface area (Å²) in [7, 11) is 3.41. The second-order valence-corrected chi connectivity index (χ2v) is 20.4. The van der Waals surface area contributed by atoms with Crippen LogP contribution in [0.4, 0.5) is 0 Å². The molecule has 0 aliphatic carbocycles. The van der Waals surface area contributed by atoms with Crippen LogP contribution in [0, 0.1) is 0 Å². The first-order chi connectivity index (χ1) is 34.1. The molecule has 2 atom stereocenters. The van der Waals surface area contributed by atoms with Crippen molar-refractivity contribution in [1.82, 2.24) is 0 Å². The lowest BCUT2D eigenvalue weighted by Crippen LogP contribution is -2.22. The van der Waals surface area contributed by atoms with Crippen molar-refractivity contribution in [2.75, 3.05) is 40.6 Å². The van der Waals surface area contributed by atoms with Gasteiger partial charge in [-0.15, -0.1) is 0 Å². The Bertz CT molecular complexity index is 878. The van der Waals surface area contributed by atoms with Gasteiger partial charge in [-0.05, 0) is 89.2 Å². The third kappa shape index (κ3) is 53.3. The van der Waals surface area contributed by atoms with E-state index in [1.807, 2.05) is 12.2 Å². The zero-order valence-electron chi connectivity index (χ0n) is 47.4. The van der Waals surface area contributed by atoms with Gasteiger partial charge in [0.05, 0.1) is 0 Å². The molecule has 0 fully saturated rings. The molecule has 0 radical (unpaired) electrons. The van der Waals surface area contributed by atoms with Crippen LogP contribution in [0.2, 0.25) is 0 Å². The molecule has 0 aromatic heterocycles. The molecule has 0 heterocycles. The molecular weight excluding hydrogens is 857 g/mol. The molecule has 0 bridgehead atoms. The normalized spacial score (nSPS) is 13.1. The Morgan fingerprint density at radius 1 is 0.275 bits per heavy atom. The highest BCUT2D eigenvalue weighted by molar-refractivity contribution is 4.89. The largest absolute Gasteiger partial charge is 0.353 e. The lowest BCUT2D eigenvalue weighted by molar-refractivity contribution is -0.188. The Labute approximate surface area is 431 Å². The number of allylic oxidation sites excluding steroid dienone is 2. The van der Waals surface area contributed by atoms with Gasteiger partial charge >= 0.3 is 0 Å². The number of ether oxygens (including phenoxy) is 7. The summed E-state index contributed by atoms with van der Waals surface area (Å²) in [4.78, 5) is 0. The molecule has 0 amide bonds. The highest BCUT2D eigenvalue weighted by Crippen LogP contribution is 2.18.